The van der Waals surface area contributed by atoms with Gasteiger partial charge in [0.15, 0.2) is 5.58 Å². The van der Waals surface area contributed by atoms with Crippen LogP contribution in [0.25, 0.3) is 11.2 Å². The van der Waals surface area contributed by atoms with Crippen molar-refractivity contribution < 1.29 is 19.1 Å². The van der Waals surface area contributed by atoms with E-state index < -0.39 is 18.1 Å². The van der Waals surface area contributed by atoms with Crippen molar-refractivity contribution in [3.05, 3.63) is 18.3 Å². The van der Waals surface area contributed by atoms with Gasteiger partial charge in [-0.2, -0.15) is 4.98 Å². The molecule has 8 nitrogen and oxygen atoms in total. The molecule has 2 N–H and O–H groups in total. The maximum absolute atomic E-state index is 13.8. The number of amides is 1. The van der Waals surface area contributed by atoms with Crippen molar-refractivity contribution in [1.82, 2.24) is 14.9 Å². The van der Waals surface area contributed by atoms with Gasteiger partial charge in [0.25, 0.3) is 6.01 Å². The molecule has 2 saturated carbocycles. The molecule has 2 aromatic heterocycles. The van der Waals surface area contributed by atoms with Crippen LogP contribution in [-0.4, -0.2) is 50.5 Å². The third kappa shape index (κ3) is 3.66. The van der Waals surface area contributed by atoms with Crippen molar-refractivity contribution in [3.63, 3.8) is 0 Å². The molecule has 0 radical (unpaired) electrons. The largest absolute Gasteiger partial charge is 0.480 e. The van der Waals surface area contributed by atoms with Crippen molar-refractivity contribution in [1.29, 1.82) is 0 Å². The lowest BCUT2D eigenvalue weighted by molar-refractivity contribution is -0.149. The van der Waals surface area contributed by atoms with E-state index in [2.05, 4.69) is 22.2 Å². The van der Waals surface area contributed by atoms with Crippen molar-refractivity contribution in [2.45, 2.75) is 70.4 Å². The number of nitrogens with one attached hydrogen (secondary N) is 1. The molecule has 5 rings (SSSR count). The maximum Gasteiger partial charge on any atom is 0.326 e. The average Bonchev–Trinajstić information content (AvgIpc) is 3.10. The molecule has 8 heteroatoms. The summed E-state index contributed by atoms with van der Waals surface area (Å²) in [5.41, 5.74) is 1.05. The molecule has 3 fully saturated rings. The van der Waals surface area contributed by atoms with Gasteiger partial charge in [0.1, 0.15) is 12.1 Å². The molecule has 3 heterocycles. The van der Waals surface area contributed by atoms with Crippen LogP contribution in [0.15, 0.2) is 22.7 Å². The fourth-order valence-corrected chi connectivity index (χ4v) is 5.91. The number of nitrogens with zero attached hydrogens (tertiary/aromatic N) is 3. The highest BCUT2D eigenvalue weighted by atomic mass is 16.4. The minimum atomic E-state index is -0.902. The summed E-state index contributed by atoms with van der Waals surface area (Å²) in [6.45, 7) is 2.69. The first-order chi connectivity index (χ1) is 15.0. The number of carbonyl (C=O) groups excluding carboxylic acids is 1. The zero-order chi connectivity index (χ0) is 21.6. The number of aliphatic carboxylic acids is 1. The molecule has 0 bridgehead atoms. The van der Waals surface area contributed by atoms with Crippen LogP contribution in [0.1, 0.15) is 58.3 Å². The molecule has 166 valence electrons. The van der Waals surface area contributed by atoms with Crippen LogP contribution in [0.3, 0.4) is 0 Å². The summed E-state index contributed by atoms with van der Waals surface area (Å²) in [5, 5.41) is 13.1. The van der Waals surface area contributed by atoms with E-state index in [0.29, 0.717) is 30.1 Å². The fraction of sp³-hybridized carbons (Fsp3) is 0.652. The van der Waals surface area contributed by atoms with Crippen LogP contribution in [0.5, 0.6) is 0 Å². The van der Waals surface area contributed by atoms with Gasteiger partial charge in [0, 0.05) is 12.7 Å². The number of fused-ring (bicyclic) bond motifs is 1. The molecule has 0 unspecified atom stereocenters. The molecule has 3 aliphatic rings. The third-order valence-corrected chi connectivity index (χ3v) is 7.71. The third-order valence-electron chi connectivity index (χ3n) is 7.71. The highest BCUT2D eigenvalue weighted by molar-refractivity contribution is 5.90. The number of carbonyl (C=O) groups is 2. The van der Waals surface area contributed by atoms with E-state index >= 15 is 0 Å². The van der Waals surface area contributed by atoms with Crippen LogP contribution in [0.2, 0.25) is 0 Å². The first-order valence-electron chi connectivity index (χ1n) is 11.5. The van der Waals surface area contributed by atoms with E-state index in [1.165, 1.54) is 6.42 Å². The van der Waals surface area contributed by atoms with Gasteiger partial charge in [-0.3, -0.25) is 4.79 Å². The van der Waals surface area contributed by atoms with Crippen molar-refractivity contribution in [3.8, 4) is 0 Å². The minimum absolute atomic E-state index is 0.00782. The molecule has 1 amide bonds. The molecule has 1 aliphatic heterocycles. The second-order valence-electron chi connectivity index (χ2n) is 9.56. The standard InChI is InChI=1S/C23H30N4O4/c1-2-15-11-23(15)12-16(21(29)30)27(13-23)20(28)18(14-7-4-3-5-8-14)25-22-26-19-17(31-22)9-6-10-24-19/h6,9-10,14-16,18H,2-5,7-8,11-13H2,1H3,(H,29,30)(H,24,25,26)/t15-,16+,18+,23-/m1/s1. The van der Waals surface area contributed by atoms with Gasteiger partial charge >= 0.3 is 5.97 Å². The first kappa shape index (κ1) is 20.3. The lowest BCUT2D eigenvalue weighted by Gasteiger charge is -2.33. The highest BCUT2D eigenvalue weighted by Gasteiger charge is 2.62. The number of hydrogen-bond acceptors (Lipinski definition) is 6. The monoisotopic (exact) mass is 426 g/mol. The quantitative estimate of drug-likeness (QED) is 0.725. The number of carboxylic acids is 1. The van der Waals surface area contributed by atoms with Gasteiger partial charge in [-0.05, 0) is 55.1 Å². The molecule has 2 aliphatic carbocycles. The van der Waals surface area contributed by atoms with Crippen LogP contribution in [-0.2, 0) is 9.59 Å². The van der Waals surface area contributed by atoms with Crippen LogP contribution >= 0.6 is 0 Å². The highest BCUT2D eigenvalue weighted by Crippen LogP contribution is 2.61. The second-order valence-corrected chi connectivity index (χ2v) is 9.56. The Bertz CT molecular complexity index is 952. The van der Waals surface area contributed by atoms with Gasteiger partial charge in [-0.15, -0.1) is 0 Å². The molecule has 1 spiro atoms. The van der Waals surface area contributed by atoms with Crippen LogP contribution < -0.4 is 5.32 Å². The average molecular weight is 427 g/mol. The van der Waals surface area contributed by atoms with E-state index in [4.69, 9.17) is 4.42 Å². The SMILES string of the molecule is CC[C@@H]1C[C@]12C[C@@H](C(=O)O)N(C(=O)[C@@H](Nc1nc3ncccc3o1)C1CCCCC1)C2. The van der Waals surface area contributed by atoms with E-state index in [9.17, 15) is 14.7 Å². The Morgan fingerprint density at radius 2 is 2.13 bits per heavy atom. The van der Waals surface area contributed by atoms with Crippen molar-refractivity contribution in [2.24, 2.45) is 17.3 Å². The Morgan fingerprint density at radius 3 is 2.81 bits per heavy atom. The predicted octanol–water partition coefficient (Wildman–Crippen LogP) is 3.69. The summed E-state index contributed by atoms with van der Waals surface area (Å²) >= 11 is 0. The molecule has 4 atom stereocenters. The Morgan fingerprint density at radius 1 is 1.32 bits per heavy atom. The molecule has 0 aromatic carbocycles. The zero-order valence-corrected chi connectivity index (χ0v) is 17.9. The molecule has 31 heavy (non-hydrogen) atoms. The van der Waals surface area contributed by atoms with E-state index in [1.807, 2.05) is 0 Å². The smallest absolute Gasteiger partial charge is 0.326 e. The number of aromatic nitrogens is 2. The zero-order valence-electron chi connectivity index (χ0n) is 17.9. The Balaban J connectivity index is 1.42. The van der Waals surface area contributed by atoms with Gasteiger partial charge in [0.05, 0.1) is 0 Å². The van der Waals surface area contributed by atoms with Gasteiger partial charge in [0.2, 0.25) is 11.6 Å². The number of anilines is 1. The summed E-state index contributed by atoms with van der Waals surface area (Å²) in [5.74, 6) is -0.374. The summed E-state index contributed by atoms with van der Waals surface area (Å²) < 4.78 is 5.79. The number of hydrogen-bond donors (Lipinski definition) is 2. The minimum Gasteiger partial charge on any atom is -0.480 e. The second kappa shape index (κ2) is 7.80. The van der Waals surface area contributed by atoms with Crippen LogP contribution in [0.4, 0.5) is 6.01 Å². The number of carboxylic acid groups (broad SMARTS) is 1. The topological polar surface area (TPSA) is 109 Å². The van der Waals surface area contributed by atoms with E-state index in [-0.39, 0.29) is 23.3 Å². The van der Waals surface area contributed by atoms with Gasteiger partial charge < -0.3 is 19.7 Å². The summed E-state index contributed by atoms with van der Waals surface area (Å²) in [6, 6.07) is 2.56. The maximum atomic E-state index is 13.8. The van der Waals surface area contributed by atoms with Gasteiger partial charge in [-0.25, -0.2) is 9.78 Å². The Labute approximate surface area is 181 Å². The van der Waals surface area contributed by atoms with Crippen LogP contribution in [0, 0.1) is 17.3 Å². The van der Waals surface area contributed by atoms with E-state index in [1.54, 1.807) is 23.2 Å². The number of oxazole rings is 1. The van der Waals surface area contributed by atoms with Crippen molar-refractivity contribution >= 4 is 29.1 Å². The summed E-state index contributed by atoms with van der Waals surface area (Å²) in [4.78, 5) is 36.1. The first-order valence-corrected chi connectivity index (χ1v) is 11.5. The fourth-order valence-electron chi connectivity index (χ4n) is 5.91. The predicted molar refractivity (Wildman–Crippen MR) is 114 cm³/mol. The normalized spacial score (nSPS) is 29.4. The number of rotatable bonds is 6. The number of likely N-dealkylation sites (tertiary alicyclic amines) is 1. The molecular formula is C23H30N4O4. The van der Waals surface area contributed by atoms with E-state index in [0.717, 1.165) is 38.5 Å². The van der Waals surface area contributed by atoms with Gasteiger partial charge in [-0.1, -0.05) is 32.6 Å². The number of pyridine rings is 1. The molecular weight excluding hydrogens is 396 g/mol. The lowest BCUT2D eigenvalue weighted by atomic mass is 9.83. The summed E-state index contributed by atoms with van der Waals surface area (Å²) in [7, 11) is 0. The lowest BCUT2D eigenvalue weighted by Crippen LogP contribution is -2.51. The Hall–Kier alpha value is -2.64. The molecule has 2 aromatic rings. The molecule has 1 saturated heterocycles. The Kier molecular flexibility index (Phi) is 5.10. The summed E-state index contributed by atoms with van der Waals surface area (Å²) in [6.07, 6.45) is 9.49. The van der Waals surface area contributed by atoms with Crippen molar-refractivity contribution in [2.75, 3.05) is 11.9 Å².